The van der Waals surface area contributed by atoms with Crippen molar-refractivity contribution in [3.63, 3.8) is 0 Å². The zero-order valence-corrected chi connectivity index (χ0v) is 23.5. The van der Waals surface area contributed by atoms with Crippen molar-refractivity contribution in [2.45, 2.75) is 67.7 Å². The third-order valence-corrected chi connectivity index (χ3v) is 7.88. The molecule has 0 bridgehead atoms. The average Bonchev–Trinajstić information content (AvgIpc) is 2.84. The fourth-order valence-corrected chi connectivity index (χ4v) is 5.34. The standard InChI is InChI=1S/C34H38O4/c1-18-12-31(35)20(3)9-26(18)16-29-15-25(8-22(5)33(29)37)14-28-11-23(6)34(38)30(24(28)7)17-27-10-21(4)32(36)13-19(27)2/h8-13,15,35-38H,14,16-17H2,1-7H3. The van der Waals surface area contributed by atoms with Gasteiger partial charge in [0.15, 0.2) is 0 Å². The smallest absolute Gasteiger partial charge is 0.122 e. The van der Waals surface area contributed by atoms with Crippen molar-refractivity contribution in [3.8, 4) is 23.0 Å². The second kappa shape index (κ2) is 10.4. The van der Waals surface area contributed by atoms with Crippen LogP contribution in [0.1, 0.15) is 72.3 Å². The topological polar surface area (TPSA) is 80.9 Å². The SMILES string of the molecule is Cc1cc(Cc2cc(Cc3cc(C)c(O)c(Cc4cc(C)c(O)cc4C)c3C)cc(C)c2O)c(C)cc1O. The highest BCUT2D eigenvalue weighted by atomic mass is 16.3. The molecule has 0 saturated heterocycles. The van der Waals surface area contributed by atoms with Crippen LogP contribution in [0.4, 0.5) is 0 Å². The van der Waals surface area contributed by atoms with Crippen molar-refractivity contribution in [3.05, 3.63) is 115 Å². The van der Waals surface area contributed by atoms with Gasteiger partial charge in [-0.2, -0.15) is 0 Å². The Labute approximate surface area is 225 Å². The fraction of sp³-hybridized carbons (Fsp3) is 0.294. The van der Waals surface area contributed by atoms with E-state index in [1.165, 1.54) is 0 Å². The fourth-order valence-electron chi connectivity index (χ4n) is 5.34. The lowest BCUT2D eigenvalue weighted by atomic mass is 9.88. The summed E-state index contributed by atoms with van der Waals surface area (Å²) in [6.45, 7) is 13.6. The molecule has 0 aliphatic heterocycles. The van der Waals surface area contributed by atoms with E-state index in [0.717, 1.165) is 72.3 Å². The molecular weight excluding hydrogens is 472 g/mol. The first-order valence-corrected chi connectivity index (χ1v) is 13.1. The first kappa shape index (κ1) is 27.1. The van der Waals surface area contributed by atoms with Crippen LogP contribution in [-0.4, -0.2) is 20.4 Å². The van der Waals surface area contributed by atoms with E-state index >= 15 is 0 Å². The summed E-state index contributed by atoms with van der Waals surface area (Å²) in [6, 6.07) is 13.7. The van der Waals surface area contributed by atoms with Crippen LogP contribution in [0, 0.1) is 48.5 Å². The van der Waals surface area contributed by atoms with Crippen LogP contribution in [-0.2, 0) is 19.3 Å². The normalized spacial score (nSPS) is 11.2. The highest BCUT2D eigenvalue weighted by Crippen LogP contribution is 2.35. The number of phenolic OH excluding ortho intramolecular Hbond substituents is 4. The molecule has 0 aromatic heterocycles. The third-order valence-electron chi connectivity index (χ3n) is 7.88. The van der Waals surface area contributed by atoms with Crippen LogP contribution in [0.2, 0.25) is 0 Å². The highest BCUT2D eigenvalue weighted by molar-refractivity contribution is 5.55. The molecule has 4 aromatic carbocycles. The van der Waals surface area contributed by atoms with Gasteiger partial charge in [0.1, 0.15) is 23.0 Å². The van der Waals surface area contributed by atoms with Crippen LogP contribution in [0.5, 0.6) is 23.0 Å². The second-order valence-electron chi connectivity index (χ2n) is 10.9. The zero-order chi connectivity index (χ0) is 27.9. The van der Waals surface area contributed by atoms with E-state index in [9.17, 15) is 20.4 Å². The summed E-state index contributed by atoms with van der Waals surface area (Å²) in [7, 11) is 0. The molecular formula is C34H38O4. The summed E-state index contributed by atoms with van der Waals surface area (Å²) in [5.74, 6) is 1.19. The van der Waals surface area contributed by atoms with Gasteiger partial charge in [0, 0.05) is 18.4 Å². The molecule has 0 saturated carbocycles. The van der Waals surface area contributed by atoms with Crippen molar-refractivity contribution >= 4 is 0 Å². The van der Waals surface area contributed by atoms with Crippen LogP contribution in [0.3, 0.4) is 0 Å². The maximum Gasteiger partial charge on any atom is 0.122 e. The Balaban J connectivity index is 1.71. The molecule has 0 amide bonds. The Bertz CT molecular complexity index is 1550. The van der Waals surface area contributed by atoms with Crippen molar-refractivity contribution in [1.29, 1.82) is 0 Å². The molecule has 4 aromatic rings. The molecule has 0 aliphatic carbocycles. The molecule has 0 unspecified atom stereocenters. The first-order valence-electron chi connectivity index (χ1n) is 13.1. The molecule has 0 heterocycles. The minimum absolute atomic E-state index is 0.284. The molecule has 0 aliphatic rings. The van der Waals surface area contributed by atoms with E-state index in [4.69, 9.17) is 0 Å². The molecule has 0 spiro atoms. The van der Waals surface area contributed by atoms with E-state index < -0.39 is 0 Å². The Kier molecular flexibility index (Phi) is 7.46. The van der Waals surface area contributed by atoms with Crippen LogP contribution in [0.15, 0.2) is 42.5 Å². The van der Waals surface area contributed by atoms with Gasteiger partial charge in [0.05, 0.1) is 0 Å². The van der Waals surface area contributed by atoms with Crippen LogP contribution >= 0.6 is 0 Å². The maximum absolute atomic E-state index is 11.0. The Morgan fingerprint density at radius 2 is 0.921 bits per heavy atom. The van der Waals surface area contributed by atoms with Gasteiger partial charge < -0.3 is 20.4 Å². The quantitative estimate of drug-likeness (QED) is 0.217. The Morgan fingerprint density at radius 1 is 0.421 bits per heavy atom. The number of rotatable bonds is 6. The highest BCUT2D eigenvalue weighted by Gasteiger charge is 2.17. The van der Waals surface area contributed by atoms with Gasteiger partial charge in [-0.1, -0.05) is 30.3 Å². The van der Waals surface area contributed by atoms with Gasteiger partial charge in [0.2, 0.25) is 0 Å². The van der Waals surface area contributed by atoms with E-state index in [1.807, 2.05) is 59.7 Å². The summed E-state index contributed by atoms with van der Waals surface area (Å²) in [5.41, 5.74) is 12.5. The molecule has 38 heavy (non-hydrogen) atoms. The summed E-state index contributed by atoms with van der Waals surface area (Å²) in [6.07, 6.45) is 1.83. The molecule has 0 atom stereocenters. The largest absolute Gasteiger partial charge is 0.508 e. The van der Waals surface area contributed by atoms with Crippen molar-refractivity contribution in [1.82, 2.24) is 0 Å². The number of aryl methyl sites for hydroxylation is 6. The number of aromatic hydroxyl groups is 4. The van der Waals surface area contributed by atoms with Gasteiger partial charge in [0.25, 0.3) is 0 Å². The molecule has 198 valence electrons. The predicted molar refractivity (Wildman–Crippen MR) is 154 cm³/mol. The summed E-state index contributed by atoms with van der Waals surface area (Å²) in [4.78, 5) is 0. The predicted octanol–water partition coefficient (Wildman–Crippen LogP) is 7.44. The lowest BCUT2D eigenvalue weighted by Crippen LogP contribution is -2.03. The Hall–Kier alpha value is -3.92. The van der Waals surface area contributed by atoms with Crippen molar-refractivity contribution in [2.75, 3.05) is 0 Å². The summed E-state index contributed by atoms with van der Waals surface area (Å²) in [5, 5.41) is 42.0. The van der Waals surface area contributed by atoms with Crippen molar-refractivity contribution in [2.24, 2.45) is 0 Å². The van der Waals surface area contributed by atoms with Gasteiger partial charge in [-0.15, -0.1) is 0 Å². The van der Waals surface area contributed by atoms with Crippen LogP contribution in [0.25, 0.3) is 0 Å². The molecule has 0 fully saturated rings. The van der Waals surface area contributed by atoms with Gasteiger partial charge >= 0.3 is 0 Å². The molecule has 4 N–H and O–H groups in total. The van der Waals surface area contributed by atoms with Gasteiger partial charge in [-0.25, -0.2) is 0 Å². The second-order valence-corrected chi connectivity index (χ2v) is 10.9. The summed E-state index contributed by atoms with van der Waals surface area (Å²) >= 11 is 0. The van der Waals surface area contributed by atoms with E-state index in [2.05, 4.69) is 19.1 Å². The summed E-state index contributed by atoms with van der Waals surface area (Å²) < 4.78 is 0. The van der Waals surface area contributed by atoms with Crippen LogP contribution < -0.4 is 0 Å². The number of hydrogen-bond acceptors (Lipinski definition) is 4. The lowest BCUT2D eigenvalue weighted by molar-refractivity contribution is 0.464. The van der Waals surface area contributed by atoms with Crippen molar-refractivity contribution < 1.29 is 20.4 Å². The Morgan fingerprint density at radius 3 is 1.50 bits per heavy atom. The monoisotopic (exact) mass is 510 g/mol. The molecule has 0 radical (unpaired) electrons. The molecule has 4 rings (SSSR count). The van der Waals surface area contributed by atoms with Gasteiger partial charge in [-0.3, -0.25) is 0 Å². The zero-order valence-electron chi connectivity index (χ0n) is 23.5. The van der Waals surface area contributed by atoms with E-state index in [1.54, 1.807) is 12.1 Å². The third kappa shape index (κ3) is 5.35. The number of hydrogen-bond donors (Lipinski definition) is 4. The minimum Gasteiger partial charge on any atom is -0.508 e. The van der Waals surface area contributed by atoms with Gasteiger partial charge in [-0.05, 0) is 134 Å². The van der Waals surface area contributed by atoms with E-state index in [0.29, 0.717) is 30.8 Å². The lowest BCUT2D eigenvalue weighted by Gasteiger charge is -2.19. The molecule has 4 heteroatoms. The first-order chi connectivity index (χ1) is 17.8. The molecule has 4 nitrogen and oxygen atoms in total. The average molecular weight is 511 g/mol. The minimum atomic E-state index is 0.284. The van der Waals surface area contributed by atoms with E-state index in [-0.39, 0.29) is 11.5 Å². The number of phenols is 4. The number of benzene rings is 4. The maximum atomic E-state index is 11.0.